The van der Waals surface area contributed by atoms with Crippen molar-refractivity contribution in [2.45, 2.75) is 39.0 Å². The highest BCUT2D eigenvalue weighted by molar-refractivity contribution is 5.75. The molecule has 0 bridgehead atoms. The first-order valence-corrected chi connectivity index (χ1v) is 5.86. The van der Waals surface area contributed by atoms with Crippen molar-refractivity contribution in [1.29, 1.82) is 0 Å². The van der Waals surface area contributed by atoms with Crippen molar-refractivity contribution in [3.05, 3.63) is 0 Å². The molecule has 0 heterocycles. The van der Waals surface area contributed by atoms with E-state index in [1.165, 1.54) is 0 Å². The van der Waals surface area contributed by atoms with Gasteiger partial charge in [-0.25, -0.2) is 0 Å². The summed E-state index contributed by atoms with van der Waals surface area (Å²) in [4.78, 5) is 21.5. The van der Waals surface area contributed by atoms with Crippen LogP contribution in [-0.4, -0.2) is 36.6 Å². The summed E-state index contributed by atoms with van der Waals surface area (Å²) in [6.45, 7) is 4.59. The first kappa shape index (κ1) is 14.9. The summed E-state index contributed by atoms with van der Waals surface area (Å²) in [5.74, 6) is -0.784. The number of carboxylic acids is 1. The summed E-state index contributed by atoms with van der Waals surface area (Å²) in [5.41, 5.74) is 0. The second-order valence-electron chi connectivity index (χ2n) is 3.66. The van der Waals surface area contributed by atoms with Gasteiger partial charge in [-0.15, -0.1) is 0 Å². The fourth-order valence-corrected chi connectivity index (χ4v) is 1.27. The highest BCUT2D eigenvalue weighted by Gasteiger charge is 2.01. The number of nitrogens with one attached hydrogen (secondary N) is 2. The van der Waals surface area contributed by atoms with E-state index in [1.54, 1.807) is 0 Å². The predicted octanol–water partition coefficient (Wildman–Crippen LogP) is 0.747. The minimum absolute atomic E-state index is 0.0156. The molecule has 0 saturated carbocycles. The molecule has 94 valence electrons. The molecule has 0 radical (unpaired) electrons. The van der Waals surface area contributed by atoms with E-state index in [-0.39, 0.29) is 12.3 Å². The van der Waals surface area contributed by atoms with Crippen LogP contribution in [0.1, 0.15) is 39.0 Å². The molecule has 0 aromatic heterocycles. The van der Waals surface area contributed by atoms with Crippen molar-refractivity contribution in [2.24, 2.45) is 0 Å². The molecular weight excluding hydrogens is 208 g/mol. The van der Waals surface area contributed by atoms with E-state index in [9.17, 15) is 9.59 Å². The first-order chi connectivity index (χ1) is 7.66. The van der Waals surface area contributed by atoms with Gasteiger partial charge < -0.3 is 15.7 Å². The average Bonchev–Trinajstić information content (AvgIpc) is 2.24. The molecule has 0 aliphatic carbocycles. The Bertz CT molecular complexity index is 207. The van der Waals surface area contributed by atoms with Crippen LogP contribution in [0.3, 0.4) is 0 Å². The average molecular weight is 230 g/mol. The lowest BCUT2D eigenvalue weighted by Crippen LogP contribution is -2.27. The van der Waals surface area contributed by atoms with Crippen LogP contribution in [0.2, 0.25) is 0 Å². The van der Waals surface area contributed by atoms with Gasteiger partial charge in [-0.1, -0.05) is 6.92 Å². The third-order valence-corrected chi connectivity index (χ3v) is 2.15. The van der Waals surface area contributed by atoms with Gasteiger partial charge in [0, 0.05) is 19.4 Å². The molecule has 0 aliphatic heterocycles. The molecule has 0 rings (SSSR count). The van der Waals surface area contributed by atoms with E-state index in [4.69, 9.17) is 5.11 Å². The monoisotopic (exact) mass is 230 g/mol. The van der Waals surface area contributed by atoms with Crippen LogP contribution in [0, 0.1) is 0 Å². The van der Waals surface area contributed by atoms with Crippen LogP contribution in [0.4, 0.5) is 0 Å². The zero-order valence-electron chi connectivity index (χ0n) is 9.92. The lowest BCUT2D eigenvalue weighted by atomic mass is 10.2. The number of carbonyl (C=O) groups excluding carboxylic acids is 1. The zero-order valence-corrected chi connectivity index (χ0v) is 9.92. The molecule has 0 aromatic carbocycles. The van der Waals surface area contributed by atoms with Gasteiger partial charge in [-0.2, -0.15) is 0 Å². The fourth-order valence-electron chi connectivity index (χ4n) is 1.27. The highest BCUT2D eigenvalue weighted by Crippen LogP contribution is 1.99. The molecule has 0 saturated heterocycles. The molecule has 5 nitrogen and oxygen atoms in total. The normalized spacial score (nSPS) is 10.1. The summed E-state index contributed by atoms with van der Waals surface area (Å²) in [5, 5.41) is 14.4. The molecule has 0 spiro atoms. The summed E-state index contributed by atoms with van der Waals surface area (Å²) in [6, 6.07) is 0. The smallest absolute Gasteiger partial charge is 0.303 e. The molecule has 0 atom stereocenters. The van der Waals surface area contributed by atoms with Crippen LogP contribution in [-0.2, 0) is 9.59 Å². The van der Waals surface area contributed by atoms with Gasteiger partial charge in [-0.3, -0.25) is 9.59 Å². The Hall–Kier alpha value is -1.10. The number of hydrogen-bond acceptors (Lipinski definition) is 3. The first-order valence-electron chi connectivity index (χ1n) is 5.86. The fraction of sp³-hybridized carbons (Fsp3) is 0.818. The molecule has 0 fully saturated rings. The minimum Gasteiger partial charge on any atom is -0.481 e. The van der Waals surface area contributed by atoms with Gasteiger partial charge in [-0.05, 0) is 32.4 Å². The van der Waals surface area contributed by atoms with Gasteiger partial charge in [0.1, 0.15) is 0 Å². The van der Waals surface area contributed by atoms with E-state index in [2.05, 4.69) is 10.6 Å². The van der Waals surface area contributed by atoms with Crippen molar-refractivity contribution >= 4 is 11.9 Å². The Morgan fingerprint density at radius 1 is 1.06 bits per heavy atom. The maximum Gasteiger partial charge on any atom is 0.303 e. The van der Waals surface area contributed by atoms with Crippen molar-refractivity contribution < 1.29 is 14.7 Å². The third kappa shape index (κ3) is 11.0. The summed E-state index contributed by atoms with van der Waals surface area (Å²) < 4.78 is 0. The van der Waals surface area contributed by atoms with Crippen LogP contribution in [0.25, 0.3) is 0 Å². The van der Waals surface area contributed by atoms with Gasteiger partial charge in [0.25, 0.3) is 0 Å². The SMILES string of the molecule is CCNCCCNC(=O)CCCCC(=O)O. The number of amides is 1. The lowest BCUT2D eigenvalue weighted by Gasteiger charge is -2.05. The van der Waals surface area contributed by atoms with Crippen LogP contribution >= 0.6 is 0 Å². The quantitative estimate of drug-likeness (QED) is 0.484. The number of aliphatic carboxylic acids is 1. The largest absolute Gasteiger partial charge is 0.481 e. The second kappa shape index (κ2) is 10.4. The van der Waals surface area contributed by atoms with Crippen LogP contribution < -0.4 is 10.6 Å². The van der Waals surface area contributed by atoms with E-state index in [0.717, 1.165) is 19.5 Å². The van der Waals surface area contributed by atoms with Crippen molar-refractivity contribution in [3.8, 4) is 0 Å². The molecule has 0 aromatic rings. The number of hydrogen-bond donors (Lipinski definition) is 3. The Kier molecular flexibility index (Phi) is 9.70. The number of rotatable bonds is 10. The summed E-state index contributed by atoms with van der Waals surface area (Å²) >= 11 is 0. The maximum atomic E-state index is 11.2. The summed E-state index contributed by atoms with van der Waals surface area (Å²) in [6.07, 6.45) is 2.71. The molecule has 1 amide bonds. The van der Waals surface area contributed by atoms with E-state index < -0.39 is 5.97 Å². The molecule has 3 N–H and O–H groups in total. The highest BCUT2D eigenvalue weighted by atomic mass is 16.4. The maximum absolute atomic E-state index is 11.2. The number of carboxylic acid groups (broad SMARTS) is 1. The molecule has 0 unspecified atom stereocenters. The van der Waals surface area contributed by atoms with Crippen LogP contribution in [0.5, 0.6) is 0 Å². The van der Waals surface area contributed by atoms with Gasteiger partial charge >= 0.3 is 5.97 Å². The van der Waals surface area contributed by atoms with Gasteiger partial charge in [0.2, 0.25) is 5.91 Å². The number of unbranched alkanes of at least 4 members (excludes halogenated alkanes) is 1. The van der Waals surface area contributed by atoms with E-state index in [0.29, 0.717) is 25.8 Å². The molecule has 16 heavy (non-hydrogen) atoms. The second-order valence-corrected chi connectivity index (χ2v) is 3.66. The standard InChI is InChI=1S/C11H22N2O3/c1-2-12-8-5-9-13-10(14)6-3-4-7-11(15)16/h12H,2-9H2,1H3,(H,13,14)(H,15,16). The minimum atomic E-state index is -0.800. The van der Waals surface area contributed by atoms with E-state index >= 15 is 0 Å². The molecule has 0 aliphatic rings. The van der Waals surface area contributed by atoms with Gasteiger partial charge in [0.05, 0.1) is 0 Å². The molecule has 5 heteroatoms. The van der Waals surface area contributed by atoms with Crippen molar-refractivity contribution in [3.63, 3.8) is 0 Å². The predicted molar refractivity (Wildman–Crippen MR) is 62.3 cm³/mol. The van der Waals surface area contributed by atoms with Crippen LogP contribution in [0.15, 0.2) is 0 Å². The summed E-state index contributed by atoms with van der Waals surface area (Å²) in [7, 11) is 0. The van der Waals surface area contributed by atoms with E-state index in [1.807, 2.05) is 6.92 Å². The zero-order chi connectivity index (χ0) is 12.2. The van der Waals surface area contributed by atoms with Gasteiger partial charge in [0.15, 0.2) is 0 Å². The third-order valence-electron chi connectivity index (χ3n) is 2.15. The Morgan fingerprint density at radius 3 is 2.38 bits per heavy atom. The Morgan fingerprint density at radius 2 is 1.75 bits per heavy atom. The molecular formula is C11H22N2O3. The van der Waals surface area contributed by atoms with Crippen molar-refractivity contribution in [1.82, 2.24) is 10.6 Å². The Labute approximate surface area is 96.6 Å². The van der Waals surface area contributed by atoms with Crippen molar-refractivity contribution in [2.75, 3.05) is 19.6 Å². The topological polar surface area (TPSA) is 78.4 Å². The Balaban J connectivity index is 3.21. The lowest BCUT2D eigenvalue weighted by molar-refractivity contribution is -0.137. The number of carbonyl (C=O) groups is 2.